The second-order valence-corrected chi connectivity index (χ2v) is 3.52. The van der Waals surface area contributed by atoms with Crippen molar-refractivity contribution in [2.75, 3.05) is 11.1 Å². The Labute approximate surface area is 98.3 Å². The number of benzene rings is 2. The molecule has 3 N–H and O–H groups in total. The first-order valence-corrected chi connectivity index (χ1v) is 5.02. The van der Waals surface area contributed by atoms with Crippen LogP contribution in [0.3, 0.4) is 0 Å². The Bertz CT molecular complexity index is 587. The number of rotatable bonds is 2. The second kappa shape index (κ2) is 4.54. The standard InChI is InChI=1S/C13H10FN3/c14-11-3-1-2-4-13(11)17-12-6-5-10(16)7-9(12)8-15/h1-7,17H,16H2. The summed E-state index contributed by atoms with van der Waals surface area (Å²) in [5, 5.41) is 11.8. The fraction of sp³-hybridized carbons (Fsp3) is 0. The molecule has 2 rings (SSSR count). The summed E-state index contributed by atoms with van der Waals surface area (Å²) >= 11 is 0. The minimum absolute atomic E-state index is 0.328. The van der Waals surface area contributed by atoms with Crippen LogP contribution in [0.1, 0.15) is 5.56 Å². The van der Waals surface area contributed by atoms with Crippen LogP contribution in [-0.2, 0) is 0 Å². The van der Waals surface area contributed by atoms with Crippen LogP contribution in [0.2, 0.25) is 0 Å². The molecule has 0 aliphatic rings. The third-order valence-electron chi connectivity index (χ3n) is 2.31. The van der Waals surface area contributed by atoms with Crippen LogP contribution < -0.4 is 11.1 Å². The topological polar surface area (TPSA) is 61.8 Å². The Balaban J connectivity index is 2.37. The lowest BCUT2D eigenvalue weighted by atomic mass is 10.1. The van der Waals surface area contributed by atoms with Gasteiger partial charge in [0.05, 0.1) is 16.9 Å². The zero-order chi connectivity index (χ0) is 12.3. The van der Waals surface area contributed by atoms with Crippen LogP contribution in [0, 0.1) is 17.1 Å². The zero-order valence-electron chi connectivity index (χ0n) is 8.94. The van der Waals surface area contributed by atoms with Crippen LogP contribution in [-0.4, -0.2) is 0 Å². The highest BCUT2D eigenvalue weighted by Gasteiger charge is 2.05. The Morgan fingerprint density at radius 3 is 2.59 bits per heavy atom. The van der Waals surface area contributed by atoms with E-state index < -0.39 is 0 Å². The van der Waals surface area contributed by atoms with Gasteiger partial charge in [0.15, 0.2) is 0 Å². The fourth-order valence-corrected chi connectivity index (χ4v) is 1.47. The molecule has 0 amide bonds. The summed E-state index contributed by atoms with van der Waals surface area (Å²) in [4.78, 5) is 0. The highest BCUT2D eigenvalue weighted by atomic mass is 19.1. The molecule has 0 aromatic heterocycles. The van der Waals surface area contributed by atoms with E-state index in [4.69, 9.17) is 11.0 Å². The second-order valence-electron chi connectivity index (χ2n) is 3.52. The minimum Gasteiger partial charge on any atom is -0.399 e. The predicted molar refractivity (Wildman–Crippen MR) is 65.3 cm³/mol. The van der Waals surface area contributed by atoms with Crippen molar-refractivity contribution in [2.45, 2.75) is 0 Å². The monoisotopic (exact) mass is 227 g/mol. The number of halogens is 1. The number of nitrogens with one attached hydrogen (secondary N) is 1. The lowest BCUT2D eigenvalue weighted by Gasteiger charge is -2.09. The summed E-state index contributed by atoms with van der Waals surface area (Å²) in [5.74, 6) is -0.367. The average molecular weight is 227 g/mol. The van der Waals surface area contributed by atoms with Crippen molar-refractivity contribution in [2.24, 2.45) is 0 Å². The normalized spacial score (nSPS) is 9.65. The first-order valence-electron chi connectivity index (χ1n) is 5.02. The van der Waals surface area contributed by atoms with E-state index >= 15 is 0 Å². The summed E-state index contributed by atoms with van der Waals surface area (Å²) in [6, 6.07) is 13.1. The lowest BCUT2D eigenvalue weighted by molar-refractivity contribution is 0.632. The van der Waals surface area contributed by atoms with Crippen molar-refractivity contribution in [1.29, 1.82) is 5.26 Å². The number of nitrogen functional groups attached to an aromatic ring is 1. The highest BCUT2D eigenvalue weighted by Crippen LogP contribution is 2.24. The van der Waals surface area contributed by atoms with Crippen molar-refractivity contribution < 1.29 is 4.39 Å². The number of hydrogen-bond acceptors (Lipinski definition) is 3. The SMILES string of the molecule is N#Cc1cc(N)ccc1Nc1ccccc1F. The van der Waals surface area contributed by atoms with Gasteiger partial charge in [0, 0.05) is 5.69 Å². The molecule has 2 aromatic rings. The molecule has 0 saturated carbocycles. The van der Waals surface area contributed by atoms with Crippen LogP contribution in [0.4, 0.5) is 21.5 Å². The summed E-state index contributed by atoms with van der Waals surface area (Å²) < 4.78 is 13.4. The van der Waals surface area contributed by atoms with Crippen molar-refractivity contribution >= 4 is 17.1 Å². The van der Waals surface area contributed by atoms with Crippen molar-refractivity contribution in [1.82, 2.24) is 0 Å². The summed E-state index contributed by atoms with van der Waals surface area (Å²) in [6.07, 6.45) is 0. The third kappa shape index (κ3) is 2.34. The molecule has 0 unspecified atom stereocenters. The molecule has 0 atom stereocenters. The number of hydrogen-bond donors (Lipinski definition) is 2. The number of anilines is 3. The largest absolute Gasteiger partial charge is 0.399 e. The Hall–Kier alpha value is -2.54. The first-order chi connectivity index (χ1) is 8.20. The van der Waals surface area contributed by atoms with E-state index in [0.29, 0.717) is 22.6 Å². The molecule has 0 saturated heterocycles. The van der Waals surface area contributed by atoms with Crippen LogP contribution in [0.25, 0.3) is 0 Å². The number of nitrogens with zero attached hydrogens (tertiary/aromatic N) is 1. The summed E-state index contributed by atoms with van der Waals surface area (Å²) in [6.45, 7) is 0. The quantitative estimate of drug-likeness (QED) is 0.775. The number of para-hydroxylation sites is 1. The van der Waals surface area contributed by atoms with Gasteiger partial charge in [0.25, 0.3) is 0 Å². The van der Waals surface area contributed by atoms with Gasteiger partial charge in [0.2, 0.25) is 0 Å². The molecule has 4 heteroatoms. The van der Waals surface area contributed by atoms with Gasteiger partial charge in [-0.05, 0) is 30.3 Å². The number of nitrogens with two attached hydrogens (primary N) is 1. The van der Waals surface area contributed by atoms with E-state index in [9.17, 15) is 4.39 Å². The molecular formula is C13H10FN3. The van der Waals surface area contributed by atoms with Gasteiger partial charge in [-0.25, -0.2) is 4.39 Å². The average Bonchev–Trinajstić information content (AvgIpc) is 2.34. The van der Waals surface area contributed by atoms with Gasteiger partial charge in [-0.15, -0.1) is 0 Å². The Morgan fingerprint density at radius 2 is 1.88 bits per heavy atom. The maximum absolute atomic E-state index is 13.4. The molecule has 0 bridgehead atoms. The van der Waals surface area contributed by atoms with E-state index in [1.165, 1.54) is 6.07 Å². The highest BCUT2D eigenvalue weighted by molar-refractivity contribution is 5.69. The maximum Gasteiger partial charge on any atom is 0.146 e. The molecule has 17 heavy (non-hydrogen) atoms. The summed E-state index contributed by atoms with van der Waals surface area (Å²) in [7, 11) is 0. The van der Waals surface area contributed by atoms with E-state index in [2.05, 4.69) is 5.32 Å². The fourth-order valence-electron chi connectivity index (χ4n) is 1.47. The molecule has 0 spiro atoms. The Morgan fingerprint density at radius 1 is 1.12 bits per heavy atom. The molecule has 0 fully saturated rings. The van der Waals surface area contributed by atoms with Gasteiger partial charge < -0.3 is 11.1 Å². The van der Waals surface area contributed by atoms with Gasteiger partial charge in [-0.2, -0.15) is 5.26 Å². The third-order valence-corrected chi connectivity index (χ3v) is 2.31. The van der Waals surface area contributed by atoms with Gasteiger partial charge in [-0.1, -0.05) is 12.1 Å². The lowest BCUT2D eigenvalue weighted by Crippen LogP contribution is -1.97. The van der Waals surface area contributed by atoms with Crippen LogP contribution in [0.5, 0.6) is 0 Å². The molecular weight excluding hydrogens is 217 g/mol. The minimum atomic E-state index is -0.367. The van der Waals surface area contributed by atoms with E-state index in [-0.39, 0.29) is 5.82 Å². The van der Waals surface area contributed by atoms with Gasteiger partial charge >= 0.3 is 0 Å². The number of nitriles is 1. The van der Waals surface area contributed by atoms with Crippen molar-refractivity contribution in [3.8, 4) is 6.07 Å². The van der Waals surface area contributed by atoms with Crippen LogP contribution >= 0.6 is 0 Å². The maximum atomic E-state index is 13.4. The van der Waals surface area contributed by atoms with Gasteiger partial charge in [0.1, 0.15) is 11.9 Å². The molecule has 2 aromatic carbocycles. The smallest absolute Gasteiger partial charge is 0.146 e. The molecule has 0 aliphatic heterocycles. The Kier molecular flexibility index (Phi) is 2.93. The molecule has 0 aliphatic carbocycles. The van der Waals surface area contributed by atoms with E-state index in [0.717, 1.165) is 0 Å². The van der Waals surface area contributed by atoms with Crippen molar-refractivity contribution in [3.63, 3.8) is 0 Å². The molecule has 3 nitrogen and oxygen atoms in total. The molecule has 84 valence electrons. The molecule has 0 radical (unpaired) electrons. The zero-order valence-corrected chi connectivity index (χ0v) is 8.94. The van der Waals surface area contributed by atoms with Gasteiger partial charge in [-0.3, -0.25) is 0 Å². The summed E-state index contributed by atoms with van der Waals surface area (Å²) in [5.41, 5.74) is 7.32. The van der Waals surface area contributed by atoms with E-state index in [1.807, 2.05) is 6.07 Å². The van der Waals surface area contributed by atoms with E-state index in [1.54, 1.807) is 36.4 Å². The predicted octanol–water partition coefficient (Wildman–Crippen LogP) is 3.02. The van der Waals surface area contributed by atoms with Crippen LogP contribution in [0.15, 0.2) is 42.5 Å². The molecule has 0 heterocycles. The first kappa shape index (κ1) is 11.0. The van der Waals surface area contributed by atoms with Crippen molar-refractivity contribution in [3.05, 3.63) is 53.8 Å².